The molecule has 1 fully saturated rings. The Kier molecular flexibility index (Phi) is 7.51. The third-order valence-corrected chi connectivity index (χ3v) is 7.99. The third-order valence-electron chi connectivity index (χ3n) is 6.60. The van der Waals surface area contributed by atoms with Crippen LogP contribution < -0.4 is 10.0 Å². The van der Waals surface area contributed by atoms with E-state index in [0.29, 0.717) is 5.69 Å². The molecule has 0 saturated heterocycles. The first-order chi connectivity index (χ1) is 15.9. The van der Waals surface area contributed by atoms with E-state index >= 15 is 0 Å². The number of para-hydroxylation sites is 1. The van der Waals surface area contributed by atoms with E-state index in [0.717, 1.165) is 41.3 Å². The number of hydrogen-bond acceptors (Lipinski definition) is 3. The summed E-state index contributed by atoms with van der Waals surface area (Å²) in [6.07, 6.45) is 6.69. The predicted molar refractivity (Wildman–Crippen MR) is 137 cm³/mol. The molecular weight excluding hydrogens is 428 g/mol. The van der Waals surface area contributed by atoms with Crippen LogP contribution in [0.15, 0.2) is 71.6 Å². The summed E-state index contributed by atoms with van der Waals surface area (Å²) in [5.74, 6) is 0.764. The van der Waals surface area contributed by atoms with E-state index in [9.17, 15) is 8.42 Å². The Morgan fingerprint density at radius 2 is 1.58 bits per heavy atom. The molecule has 1 aliphatic rings. The van der Waals surface area contributed by atoms with Gasteiger partial charge in [0.2, 0.25) is 0 Å². The maximum Gasteiger partial charge on any atom is 0.261 e. The van der Waals surface area contributed by atoms with Crippen molar-refractivity contribution < 1.29 is 8.42 Å². The molecule has 0 aromatic heterocycles. The SMILES string of the molecule is Cc1ccc(S(=O)(=O)Nc2ccccc2-c2c(C)cccc2CNCC2CCCCC2)cc1. The normalized spacial score (nSPS) is 14.8. The van der Waals surface area contributed by atoms with E-state index in [1.54, 1.807) is 12.1 Å². The smallest absolute Gasteiger partial charge is 0.261 e. The van der Waals surface area contributed by atoms with Gasteiger partial charge in [0, 0.05) is 12.1 Å². The van der Waals surface area contributed by atoms with Crippen molar-refractivity contribution in [2.45, 2.75) is 57.4 Å². The Balaban J connectivity index is 1.60. The van der Waals surface area contributed by atoms with Crippen molar-refractivity contribution in [3.63, 3.8) is 0 Å². The maximum absolute atomic E-state index is 13.1. The van der Waals surface area contributed by atoms with Gasteiger partial charge in [0.15, 0.2) is 0 Å². The van der Waals surface area contributed by atoms with Crippen molar-refractivity contribution in [2.75, 3.05) is 11.3 Å². The van der Waals surface area contributed by atoms with Crippen LogP contribution in [0.1, 0.15) is 48.8 Å². The molecule has 174 valence electrons. The van der Waals surface area contributed by atoms with E-state index in [2.05, 4.69) is 35.2 Å². The van der Waals surface area contributed by atoms with Gasteiger partial charge in [0.25, 0.3) is 10.0 Å². The summed E-state index contributed by atoms with van der Waals surface area (Å²) in [6.45, 7) is 5.84. The van der Waals surface area contributed by atoms with Gasteiger partial charge >= 0.3 is 0 Å². The molecule has 0 aliphatic heterocycles. The van der Waals surface area contributed by atoms with Gasteiger partial charge < -0.3 is 5.32 Å². The highest BCUT2D eigenvalue weighted by molar-refractivity contribution is 7.92. The molecule has 5 heteroatoms. The number of anilines is 1. The largest absolute Gasteiger partial charge is 0.312 e. The van der Waals surface area contributed by atoms with Crippen LogP contribution in [-0.2, 0) is 16.6 Å². The second-order valence-electron chi connectivity index (χ2n) is 9.21. The van der Waals surface area contributed by atoms with Gasteiger partial charge in [0.05, 0.1) is 10.6 Å². The lowest BCUT2D eigenvalue weighted by Crippen LogP contribution is -2.24. The number of benzene rings is 3. The van der Waals surface area contributed by atoms with Crippen molar-refractivity contribution in [2.24, 2.45) is 5.92 Å². The fourth-order valence-electron chi connectivity index (χ4n) is 4.77. The Labute approximate surface area is 198 Å². The predicted octanol–water partition coefficient (Wildman–Crippen LogP) is 6.44. The zero-order chi connectivity index (χ0) is 23.3. The minimum Gasteiger partial charge on any atom is -0.312 e. The molecule has 4 rings (SSSR count). The molecule has 0 amide bonds. The average molecular weight is 463 g/mol. The standard InChI is InChI=1S/C28H34N2O2S/c1-21-15-17-25(18-16-21)33(31,32)30-27-14-7-6-13-26(27)28-22(2)9-8-12-24(28)20-29-19-23-10-4-3-5-11-23/h6-9,12-18,23,29-30H,3-5,10-11,19-20H2,1-2H3. The summed E-state index contributed by atoms with van der Waals surface area (Å²) >= 11 is 0. The van der Waals surface area contributed by atoms with Crippen LogP contribution in [0, 0.1) is 19.8 Å². The Bertz CT molecular complexity index is 1180. The maximum atomic E-state index is 13.1. The van der Waals surface area contributed by atoms with Crippen LogP contribution in [0.4, 0.5) is 5.69 Å². The van der Waals surface area contributed by atoms with E-state index in [1.165, 1.54) is 37.7 Å². The van der Waals surface area contributed by atoms with E-state index in [1.807, 2.05) is 43.3 Å². The van der Waals surface area contributed by atoms with Crippen molar-refractivity contribution in [1.29, 1.82) is 0 Å². The monoisotopic (exact) mass is 462 g/mol. The Morgan fingerprint density at radius 1 is 0.848 bits per heavy atom. The average Bonchev–Trinajstić information content (AvgIpc) is 2.81. The molecule has 1 aliphatic carbocycles. The molecule has 0 atom stereocenters. The van der Waals surface area contributed by atoms with Crippen molar-refractivity contribution in [1.82, 2.24) is 5.32 Å². The van der Waals surface area contributed by atoms with Gasteiger partial charge in [-0.05, 0) is 74.0 Å². The van der Waals surface area contributed by atoms with Crippen LogP contribution in [0.3, 0.4) is 0 Å². The molecule has 0 radical (unpaired) electrons. The first kappa shape index (κ1) is 23.5. The molecule has 1 saturated carbocycles. The lowest BCUT2D eigenvalue weighted by Gasteiger charge is -2.23. The zero-order valence-electron chi connectivity index (χ0n) is 19.6. The highest BCUT2D eigenvalue weighted by Gasteiger charge is 2.19. The van der Waals surface area contributed by atoms with Crippen LogP contribution in [0.5, 0.6) is 0 Å². The quantitative estimate of drug-likeness (QED) is 0.405. The molecule has 3 aromatic carbocycles. The highest BCUT2D eigenvalue weighted by Crippen LogP contribution is 2.34. The molecule has 4 nitrogen and oxygen atoms in total. The van der Waals surface area contributed by atoms with E-state index in [4.69, 9.17) is 0 Å². The van der Waals surface area contributed by atoms with Gasteiger partial charge in [0.1, 0.15) is 0 Å². The highest BCUT2D eigenvalue weighted by atomic mass is 32.2. The van der Waals surface area contributed by atoms with Gasteiger partial charge in [-0.1, -0.05) is 73.4 Å². The second-order valence-corrected chi connectivity index (χ2v) is 10.9. The number of hydrogen-bond donors (Lipinski definition) is 2. The van der Waals surface area contributed by atoms with E-state index < -0.39 is 10.0 Å². The summed E-state index contributed by atoms with van der Waals surface area (Å²) in [7, 11) is -3.68. The summed E-state index contributed by atoms with van der Waals surface area (Å²) < 4.78 is 29.0. The Hall–Kier alpha value is -2.63. The summed E-state index contributed by atoms with van der Waals surface area (Å²) in [5.41, 5.74) is 5.94. The van der Waals surface area contributed by atoms with Gasteiger partial charge in [-0.15, -0.1) is 0 Å². The molecule has 2 N–H and O–H groups in total. The van der Waals surface area contributed by atoms with Gasteiger partial charge in [-0.25, -0.2) is 8.42 Å². The minimum absolute atomic E-state index is 0.266. The van der Waals surface area contributed by atoms with Crippen LogP contribution >= 0.6 is 0 Å². The molecular formula is C28H34N2O2S. The van der Waals surface area contributed by atoms with Crippen LogP contribution in [-0.4, -0.2) is 15.0 Å². The van der Waals surface area contributed by atoms with Gasteiger partial charge in [-0.3, -0.25) is 4.72 Å². The fraction of sp³-hybridized carbons (Fsp3) is 0.357. The zero-order valence-corrected chi connectivity index (χ0v) is 20.4. The molecule has 3 aromatic rings. The first-order valence-corrected chi connectivity index (χ1v) is 13.4. The molecule has 0 heterocycles. The van der Waals surface area contributed by atoms with Gasteiger partial charge in [-0.2, -0.15) is 0 Å². The molecule has 0 unspecified atom stereocenters. The second kappa shape index (κ2) is 10.5. The topological polar surface area (TPSA) is 58.2 Å². The number of rotatable bonds is 8. The summed E-state index contributed by atoms with van der Waals surface area (Å²) in [4.78, 5) is 0.266. The van der Waals surface area contributed by atoms with Crippen molar-refractivity contribution >= 4 is 15.7 Å². The van der Waals surface area contributed by atoms with E-state index in [-0.39, 0.29) is 4.90 Å². The summed E-state index contributed by atoms with van der Waals surface area (Å²) in [5, 5.41) is 3.67. The van der Waals surface area contributed by atoms with Crippen molar-refractivity contribution in [3.05, 3.63) is 83.4 Å². The number of aryl methyl sites for hydroxylation is 2. The summed E-state index contributed by atoms with van der Waals surface area (Å²) in [6, 6.07) is 20.9. The Morgan fingerprint density at radius 3 is 2.33 bits per heavy atom. The number of nitrogens with one attached hydrogen (secondary N) is 2. The fourth-order valence-corrected chi connectivity index (χ4v) is 5.85. The third kappa shape index (κ3) is 5.84. The molecule has 0 bridgehead atoms. The molecule has 0 spiro atoms. The van der Waals surface area contributed by atoms with Crippen molar-refractivity contribution in [3.8, 4) is 11.1 Å². The molecule has 33 heavy (non-hydrogen) atoms. The number of sulfonamides is 1. The minimum atomic E-state index is -3.68. The van der Waals surface area contributed by atoms with Crippen LogP contribution in [0.25, 0.3) is 11.1 Å². The lowest BCUT2D eigenvalue weighted by molar-refractivity contribution is 0.342. The first-order valence-electron chi connectivity index (χ1n) is 11.9. The lowest BCUT2D eigenvalue weighted by atomic mass is 9.89. The van der Waals surface area contributed by atoms with Crippen LogP contribution in [0.2, 0.25) is 0 Å².